The summed E-state index contributed by atoms with van der Waals surface area (Å²) >= 11 is 0. The number of amides is 3. The average molecular weight is 636 g/mol. The average Bonchev–Trinajstić information content (AvgIpc) is 3.06. The molecule has 0 aliphatic heterocycles. The third kappa shape index (κ3) is 15.5. The van der Waals surface area contributed by atoms with Crippen LogP contribution in [0.5, 0.6) is 0 Å². The summed E-state index contributed by atoms with van der Waals surface area (Å²) in [7, 11) is 0. The fourth-order valence-corrected chi connectivity index (χ4v) is 4.75. The van der Waals surface area contributed by atoms with Crippen molar-refractivity contribution in [3.63, 3.8) is 0 Å². The van der Waals surface area contributed by atoms with Gasteiger partial charge in [-0.15, -0.1) is 13.2 Å². The molecule has 0 saturated carbocycles. The number of carbonyl (C=O) groups is 4. The third-order valence-corrected chi connectivity index (χ3v) is 7.28. The van der Waals surface area contributed by atoms with E-state index in [4.69, 9.17) is 9.47 Å². The molecule has 0 spiro atoms. The van der Waals surface area contributed by atoms with Crippen molar-refractivity contribution < 1.29 is 33.8 Å². The Morgan fingerprint density at radius 3 is 2.11 bits per heavy atom. The first-order valence-corrected chi connectivity index (χ1v) is 15.8. The van der Waals surface area contributed by atoms with Crippen molar-refractivity contribution in [1.82, 2.24) is 16.0 Å². The van der Waals surface area contributed by atoms with Crippen LogP contribution in [0, 0.1) is 11.8 Å². The molecule has 250 valence electrons. The number of alkyl carbamates (subject to hydrolysis) is 1. The summed E-state index contributed by atoms with van der Waals surface area (Å²) in [5, 5.41) is 17.6. The van der Waals surface area contributed by atoms with Crippen molar-refractivity contribution in [2.45, 2.75) is 70.6 Å². The maximum atomic E-state index is 13.3. The summed E-state index contributed by atoms with van der Waals surface area (Å²) in [5.41, 5.74) is 1.90. The first kappa shape index (κ1) is 37.7. The first-order valence-electron chi connectivity index (χ1n) is 15.8. The fourth-order valence-electron chi connectivity index (χ4n) is 4.75. The first-order chi connectivity index (χ1) is 22.2. The normalized spacial score (nSPS) is 13.3. The monoisotopic (exact) mass is 635 g/mol. The Labute approximate surface area is 272 Å². The lowest BCUT2D eigenvalue weighted by atomic mass is 9.96. The van der Waals surface area contributed by atoms with Crippen molar-refractivity contribution in [1.29, 1.82) is 0 Å². The van der Waals surface area contributed by atoms with Gasteiger partial charge >= 0.3 is 12.1 Å². The van der Waals surface area contributed by atoms with E-state index in [0.29, 0.717) is 38.6 Å². The number of hydrogen-bond donors (Lipinski definition) is 4. The van der Waals surface area contributed by atoms with Gasteiger partial charge in [-0.3, -0.25) is 14.4 Å². The number of unbranched alkanes of at least 4 members (excludes halogenated alkanes) is 1. The molecule has 0 bridgehead atoms. The summed E-state index contributed by atoms with van der Waals surface area (Å²) in [4.78, 5) is 51.0. The van der Waals surface area contributed by atoms with E-state index in [1.54, 1.807) is 19.1 Å². The maximum Gasteiger partial charge on any atom is 0.407 e. The van der Waals surface area contributed by atoms with Crippen molar-refractivity contribution >= 4 is 23.9 Å². The molecular weight excluding hydrogens is 586 g/mol. The highest BCUT2D eigenvalue weighted by atomic mass is 16.5. The molecule has 0 heterocycles. The number of allylic oxidation sites excluding steroid dienone is 2. The molecule has 4 N–H and O–H groups in total. The van der Waals surface area contributed by atoms with E-state index in [0.717, 1.165) is 11.1 Å². The van der Waals surface area contributed by atoms with Gasteiger partial charge in [0.1, 0.15) is 13.2 Å². The highest BCUT2D eigenvalue weighted by Gasteiger charge is 2.26. The molecule has 0 aliphatic carbocycles. The minimum Gasteiger partial charge on any atom is -0.463 e. The molecular formula is C36H49N3O7. The topological polar surface area (TPSA) is 143 Å². The summed E-state index contributed by atoms with van der Waals surface area (Å²) in [6.07, 6.45) is 5.57. The summed E-state index contributed by atoms with van der Waals surface area (Å²) < 4.78 is 11.0. The number of hydrogen-bond acceptors (Lipinski definition) is 7. The summed E-state index contributed by atoms with van der Waals surface area (Å²) in [6.45, 7) is 9.45. The molecule has 46 heavy (non-hydrogen) atoms. The minimum absolute atomic E-state index is 0.0475. The predicted octanol–water partition coefficient (Wildman–Crippen LogP) is 4.63. The number of nitrogens with one attached hydrogen (secondary N) is 3. The molecule has 10 nitrogen and oxygen atoms in total. The van der Waals surface area contributed by atoms with Gasteiger partial charge in [0.05, 0.1) is 24.5 Å². The number of benzene rings is 2. The Morgan fingerprint density at radius 2 is 1.48 bits per heavy atom. The van der Waals surface area contributed by atoms with Gasteiger partial charge in [0.2, 0.25) is 11.8 Å². The van der Waals surface area contributed by atoms with E-state index >= 15 is 0 Å². The van der Waals surface area contributed by atoms with Crippen LogP contribution in [-0.2, 0) is 36.9 Å². The Kier molecular flexibility index (Phi) is 18.2. The smallest absolute Gasteiger partial charge is 0.407 e. The number of aliphatic hydroxyl groups is 1. The molecule has 0 fully saturated rings. The second-order valence-corrected chi connectivity index (χ2v) is 11.3. The van der Waals surface area contributed by atoms with Crippen LogP contribution in [0.25, 0.3) is 0 Å². The molecule has 3 amide bonds. The molecule has 2 aromatic rings. The Morgan fingerprint density at radius 1 is 0.848 bits per heavy atom. The lowest BCUT2D eigenvalue weighted by Crippen LogP contribution is -2.44. The highest BCUT2D eigenvalue weighted by Crippen LogP contribution is 2.16. The van der Waals surface area contributed by atoms with Gasteiger partial charge in [-0.1, -0.05) is 72.8 Å². The number of aliphatic hydroxyl groups excluding tert-OH is 1. The second kappa shape index (κ2) is 22.1. The van der Waals surface area contributed by atoms with Gasteiger partial charge in [-0.05, 0) is 56.6 Å². The highest BCUT2D eigenvalue weighted by molar-refractivity contribution is 5.86. The largest absolute Gasteiger partial charge is 0.463 e. The summed E-state index contributed by atoms with van der Waals surface area (Å²) in [5.74, 6) is -2.21. The molecule has 0 saturated heterocycles. The van der Waals surface area contributed by atoms with Gasteiger partial charge in [0.25, 0.3) is 0 Å². The van der Waals surface area contributed by atoms with E-state index in [1.807, 2.05) is 60.7 Å². The molecule has 2 aromatic carbocycles. The van der Waals surface area contributed by atoms with E-state index < -0.39 is 30.0 Å². The van der Waals surface area contributed by atoms with Crippen LogP contribution < -0.4 is 16.0 Å². The number of rotatable bonds is 22. The number of carbonyl (C=O) groups excluding carboxylic acids is 4. The van der Waals surface area contributed by atoms with Gasteiger partial charge < -0.3 is 30.5 Å². The zero-order valence-corrected chi connectivity index (χ0v) is 26.8. The lowest BCUT2D eigenvalue weighted by Gasteiger charge is -2.24. The maximum absolute atomic E-state index is 13.3. The number of esters is 1. The van der Waals surface area contributed by atoms with Crippen LogP contribution in [-0.4, -0.2) is 60.8 Å². The van der Waals surface area contributed by atoms with Crippen molar-refractivity contribution in [3.8, 4) is 0 Å². The Bertz CT molecular complexity index is 1220. The Hall–Kier alpha value is -4.44. The number of ether oxygens (including phenoxy) is 2. The zero-order chi connectivity index (χ0) is 33.6. The van der Waals surface area contributed by atoms with Crippen LogP contribution in [0.4, 0.5) is 4.79 Å². The van der Waals surface area contributed by atoms with E-state index in [2.05, 4.69) is 29.1 Å². The molecule has 0 aliphatic rings. The minimum atomic E-state index is -0.686. The predicted molar refractivity (Wildman–Crippen MR) is 177 cm³/mol. The molecule has 0 unspecified atom stereocenters. The van der Waals surface area contributed by atoms with Crippen LogP contribution in [0.1, 0.15) is 56.6 Å². The van der Waals surface area contributed by atoms with Crippen LogP contribution in [0.15, 0.2) is 86.0 Å². The quantitative estimate of drug-likeness (QED) is 0.0840. The van der Waals surface area contributed by atoms with E-state index in [-0.39, 0.29) is 50.4 Å². The van der Waals surface area contributed by atoms with Gasteiger partial charge in [0, 0.05) is 19.0 Å². The Balaban J connectivity index is 1.98. The van der Waals surface area contributed by atoms with E-state index in [9.17, 15) is 24.3 Å². The fraction of sp³-hybridized carbons (Fsp3) is 0.444. The molecule has 2 rings (SSSR count). The van der Waals surface area contributed by atoms with Crippen molar-refractivity contribution in [2.24, 2.45) is 11.8 Å². The van der Waals surface area contributed by atoms with Crippen molar-refractivity contribution in [2.75, 3.05) is 19.8 Å². The van der Waals surface area contributed by atoms with Gasteiger partial charge in [-0.2, -0.15) is 0 Å². The molecule has 4 atom stereocenters. The SMILES string of the molecule is C=CC[C@@H](CC(=O)N[C@@H](C)CO)C(=O)N[C@@H](CCCCNC(=O)OCc1ccccc1)COC(=O)[C@H](CC=C)Cc1ccccc1. The van der Waals surface area contributed by atoms with E-state index in [1.165, 1.54) is 0 Å². The molecule has 0 radical (unpaired) electrons. The van der Waals surface area contributed by atoms with Gasteiger partial charge in [-0.25, -0.2) is 4.79 Å². The molecule has 0 aromatic heterocycles. The molecule has 10 heteroatoms. The summed E-state index contributed by atoms with van der Waals surface area (Å²) in [6, 6.07) is 18.1. The van der Waals surface area contributed by atoms with Crippen molar-refractivity contribution in [3.05, 3.63) is 97.1 Å². The standard InChI is InChI=1S/C36H49N3O7/c1-4-14-30(23-33(41)38-27(3)24-40)34(42)39-32(20-12-13-21-37-36(44)46-25-29-18-10-7-11-19-29)26-45-35(43)31(15-5-2)22-28-16-8-6-9-17-28/h4-11,16-19,27,30-32,40H,1-2,12-15,20-26H2,3H3,(H,37,44)(H,38,41)(H,39,42)/t27-,30-,31+,32-/m0/s1. The van der Waals surface area contributed by atoms with Crippen LogP contribution >= 0.6 is 0 Å². The zero-order valence-electron chi connectivity index (χ0n) is 26.8. The second-order valence-electron chi connectivity index (χ2n) is 11.3. The van der Waals surface area contributed by atoms with Crippen LogP contribution in [0.3, 0.4) is 0 Å². The van der Waals surface area contributed by atoms with Gasteiger partial charge in [0.15, 0.2) is 0 Å². The third-order valence-electron chi connectivity index (χ3n) is 7.28. The lowest BCUT2D eigenvalue weighted by molar-refractivity contribution is -0.150. The van der Waals surface area contributed by atoms with Crippen LogP contribution in [0.2, 0.25) is 0 Å².